The summed E-state index contributed by atoms with van der Waals surface area (Å²) in [5, 5.41) is 8.05. The van der Waals surface area contributed by atoms with Gasteiger partial charge in [0.1, 0.15) is 6.10 Å². The van der Waals surface area contributed by atoms with E-state index in [-0.39, 0.29) is 6.10 Å². The van der Waals surface area contributed by atoms with Gasteiger partial charge in [-0.2, -0.15) is 5.10 Å². The van der Waals surface area contributed by atoms with Crippen molar-refractivity contribution in [2.75, 3.05) is 6.61 Å². The largest absolute Gasteiger partial charge is 0.372 e. The summed E-state index contributed by atoms with van der Waals surface area (Å²) in [6, 6.07) is 6.59. The lowest BCUT2D eigenvalue weighted by molar-refractivity contribution is -0.00402. The minimum absolute atomic E-state index is 0.123. The smallest absolute Gasteiger partial charge is 0.100 e. The Kier molecular flexibility index (Phi) is 3.85. The van der Waals surface area contributed by atoms with Crippen LogP contribution in [0.3, 0.4) is 0 Å². The highest BCUT2D eigenvalue weighted by Crippen LogP contribution is 2.27. The van der Waals surface area contributed by atoms with Crippen molar-refractivity contribution in [3.63, 3.8) is 0 Å². The Morgan fingerprint density at radius 2 is 2.30 bits per heavy atom. The first kappa shape index (κ1) is 14.4. The van der Waals surface area contributed by atoms with Crippen LogP contribution in [0.4, 0.5) is 0 Å². The van der Waals surface area contributed by atoms with Crippen LogP contribution in [0.25, 0.3) is 5.52 Å². The maximum Gasteiger partial charge on any atom is 0.100 e. The Labute approximate surface area is 135 Å². The van der Waals surface area contributed by atoms with Crippen molar-refractivity contribution in [2.45, 2.75) is 31.5 Å². The molecule has 4 rings (SSSR count). The first-order valence-electron chi connectivity index (χ1n) is 8.04. The van der Waals surface area contributed by atoms with E-state index in [0.29, 0.717) is 6.04 Å². The lowest BCUT2D eigenvalue weighted by Gasteiger charge is -2.30. The summed E-state index contributed by atoms with van der Waals surface area (Å²) in [5.74, 6) is 0. The molecule has 0 aromatic carbocycles. The average Bonchev–Trinajstić information content (AvgIpc) is 3.19. The van der Waals surface area contributed by atoms with Gasteiger partial charge in [0.15, 0.2) is 0 Å². The fourth-order valence-corrected chi connectivity index (χ4v) is 3.24. The highest BCUT2D eigenvalue weighted by molar-refractivity contribution is 5.53. The van der Waals surface area contributed by atoms with Crippen molar-refractivity contribution in [3.8, 4) is 0 Å². The van der Waals surface area contributed by atoms with E-state index in [9.17, 15) is 0 Å². The Morgan fingerprint density at radius 3 is 3.17 bits per heavy atom. The number of hydrogen-bond acceptors (Lipinski definition) is 4. The molecule has 6 nitrogen and oxygen atoms in total. The van der Waals surface area contributed by atoms with Crippen LogP contribution in [0, 0.1) is 0 Å². The number of nitrogens with one attached hydrogen (secondary N) is 1. The number of fused-ring (bicyclic) bond motifs is 1. The molecule has 0 unspecified atom stereocenters. The maximum absolute atomic E-state index is 5.92. The first-order valence-corrected chi connectivity index (χ1v) is 8.04. The minimum atomic E-state index is 0.123. The molecule has 120 valence electrons. The van der Waals surface area contributed by atoms with Crippen LogP contribution in [0.2, 0.25) is 0 Å². The molecule has 1 aliphatic heterocycles. The molecule has 3 aromatic heterocycles. The quantitative estimate of drug-likeness (QED) is 0.801. The number of pyridine rings is 1. The fourth-order valence-electron chi connectivity index (χ4n) is 3.24. The topological polar surface area (TPSA) is 56.4 Å². The minimum Gasteiger partial charge on any atom is -0.372 e. The number of imidazole rings is 1. The van der Waals surface area contributed by atoms with Gasteiger partial charge in [0.2, 0.25) is 0 Å². The van der Waals surface area contributed by atoms with E-state index in [2.05, 4.69) is 21.5 Å². The number of aryl methyl sites for hydroxylation is 1. The molecule has 0 saturated carbocycles. The number of rotatable bonds is 4. The number of aromatic nitrogens is 4. The van der Waals surface area contributed by atoms with E-state index in [1.54, 1.807) is 0 Å². The van der Waals surface area contributed by atoms with Gasteiger partial charge in [-0.05, 0) is 25.0 Å². The highest BCUT2D eigenvalue weighted by Gasteiger charge is 2.25. The summed E-state index contributed by atoms with van der Waals surface area (Å²) >= 11 is 0. The molecule has 2 atom stereocenters. The van der Waals surface area contributed by atoms with Crippen molar-refractivity contribution >= 4 is 5.52 Å². The van der Waals surface area contributed by atoms with E-state index in [1.807, 2.05) is 53.2 Å². The van der Waals surface area contributed by atoms with E-state index < -0.39 is 0 Å². The summed E-state index contributed by atoms with van der Waals surface area (Å²) in [6.07, 6.45) is 9.78. The SMILES string of the molecule is Cn1cncc1[C@@H]1C[C@@H](NCc2cnn3ccccc23)CCO1. The Bertz CT molecular complexity index is 793. The zero-order valence-electron chi connectivity index (χ0n) is 13.2. The number of ether oxygens (including phenoxy) is 1. The standard InChI is InChI=1S/C17H21N5O/c1-21-12-18-11-16(21)17-8-14(5-7-23-17)19-9-13-10-20-22-6-3-2-4-15(13)22/h2-4,6,10-12,14,17,19H,5,7-9H2,1H3/t14-,17-/m0/s1. The molecule has 0 spiro atoms. The van der Waals surface area contributed by atoms with Gasteiger partial charge in [0.05, 0.1) is 29.9 Å². The molecule has 0 amide bonds. The Hall–Kier alpha value is -2.18. The van der Waals surface area contributed by atoms with E-state index in [1.165, 1.54) is 5.56 Å². The molecule has 1 saturated heterocycles. The Balaban J connectivity index is 1.42. The van der Waals surface area contributed by atoms with E-state index in [0.717, 1.165) is 37.2 Å². The third kappa shape index (κ3) is 2.87. The third-order valence-corrected chi connectivity index (χ3v) is 4.56. The van der Waals surface area contributed by atoms with Crippen molar-refractivity contribution in [2.24, 2.45) is 7.05 Å². The van der Waals surface area contributed by atoms with Crippen LogP contribution in [0.15, 0.2) is 43.1 Å². The predicted octanol–water partition coefficient (Wildman–Crippen LogP) is 2.08. The fraction of sp³-hybridized carbons (Fsp3) is 0.412. The third-order valence-electron chi connectivity index (χ3n) is 4.56. The van der Waals surface area contributed by atoms with Gasteiger partial charge >= 0.3 is 0 Å². The molecule has 0 radical (unpaired) electrons. The van der Waals surface area contributed by atoms with Gasteiger partial charge in [-0.15, -0.1) is 0 Å². The molecule has 0 aliphatic carbocycles. The average molecular weight is 311 g/mol. The zero-order valence-corrected chi connectivity index (χ0v) is 13.2. The summed E-state index contributed by atoms with van der Waals surface area (Å²) in [4.78, 5) is 4.19. The summed E-state index contributed by atoms with van der Waals surface area (Å²) in [7, 11) is 2.02. The van der Waals surface area contributed by atoms with Crippen LogP contribution < -0.4 is 5.32 Å². The molecule has 3 aromatic rings. The molecule has 23 heavy (non-hydrogen) atoms. The molecule has 1 fully saturated rings. The molecule has 1 aliphatic rings. The van der Waals surface area contributed by atoms with Crippen LogP contribution in [0.5, 0.6) is 0 Å². The van der Waals surface area contributed by atoms with Gasteiger partial charge < -0.3 is 14.6 Å². The first-order chi connectivity index (χ1) is 11.3. The summed E-state index contributed by atoms with van der Waals surface area (Å²) in [6.45, 7) is 1.61. The normalized spacial score (nSPS) is 21.8. The molecule has 1 N–H and O–H groups in total. The van der Waals surface area contributed by atoms with Gasteiger partial charge in [-0.1, -0.05) is 6.07 Å². The van der Waals surface area contributed by atoms with Gasteiger partial charge in [-0.25, -0.2) is 9.50 Å². The van der Waals surface area contributed by atoms with Crippen LogP contribution in [-0.2, 0) is 18.3 Å². The second kappa shape index (κ2) is 6.14. The molecule has 0 bridgehead atoms. The summed E-state index contributed by atoms with van der Waals surface area (Å²) < 4.78 is 9.88. The zero-order chi connectivity index (χ0) is 15.6. The second-order valence-corrected chi connectivity index (χ2v) is 6.09. The molecular formula is C17H21N5O. The van der Waals surface area contributed by atoms with Crippen molar-refractivity contribution < 1.29 is 4.74 Å². The molecule has 4 heterocycles. The van der Waals surface area contributed by atoms with Gasteiger partial charge in [-0.3, -0.25) is 0 Å². The van der Waals surface area contributed by atoms with E-state index >= 15 is 0 Å². The van der Waals surface area contributed by atoms with Crippen LogP contribution >= 0.6 is 0 Å². The van der Waals surface area contributed by atoms with Crippen LogP contribution in [0.1, 0.15) is 30.2 Å². The second-order valence-electron chi connectivity index (χ2n) is 6.09. The Morgan fingerprint density at radius 1 is 1.35 bits per heavy atom. The lowest BCUT2D eigenvalue weighted by Crippen LogP contribution is -2.36. The predicted molar refractivity (Wildman–Crippen MR) is 87.0 cm³/mol. The number of nitrogens with zero attached hydrogens (tertiary/aromatic N) is 4. The monoisotopic (exact) mass is 311 g/mol. The van der Waals surface area contributed by atoms with Crippen molar-refractivity contribution in [1.29, 1.82) is 0 Å². The van der Waals surface area contributed by atoms with Crippen LogP contribution in [-0.4, -0.2) is 31.8 Å². The summed E-state index contributed by atoms with van der Waals surface area (Å²) in [5.41, 5.74) is 3.54. The lowest BCUT2D eigenvalue weighted by atomic mass is 10.0. The van der Waals surface area contributed by atoms with E-state index in [4.69, 9.17) is 4.74 Å². The molecule has 6 heteroatoms. The highest BCUT2D eigenvalue weighted by atomic mass is 16.5. The van der Waals surface area contributed by atoms with Crippen molar-refractivity contribution in [3.05, 3.63) is 54.4 Å². The molecular weight excluding hydrogens is 290 g/mol. The number of hydrogen-bond donors (Lipinski definition) is 1. The van der Waals surface area contributed by atoms with Gasteiger partial charge in [0, 0.05) is 38.0 Å². The maximum atomic E-state index is 5.92. The van der Waals surface area contributed by atoms with Gasteiger partial charge in [0.25, 0.3) is 0 Å². The van der Waals surface area contributed by atoms with Crippen molar-refractivity contribution in [1.82, 2.24) is 24.5 Å².